The van der Waals surface area contributed by atoms with Gasteiger partial charge in [-0.1, -0.05) is 6.07 Å². The van der Waals surface area contributed by atoms with Gasteiger partial charge in [-0.2, -0.15) is 0 Å². The number of imidazole rings is 1. The zero-order valence-electron chi connectivity index (χ0n) is 17.3. The number of aryl methyl sites for hydroxylation is 1. The van der Waals surface area contributed by atoms with Crippen molar-refractivity contribution < 1.29 is 14.6 Å². The first-order valence-corrected chi connectivity index (χ1v) is 11.3. The van der Waals surface area contributed by atoms with Crippen LogP contribution in [-0.2, 0) is 4.74 Å². The summed E-state index contributed by atoms with van der Waals surface area (Å²) < 4.78 is 7.83. The molecule has 160 valence electrons. The molecule has 30 heavy (non-hydrogen) atoms. The Labute approximate surface area is 175 Å². The van der Waals surface area contributed by atoms with E-state index in [0.29, 0.717) is 30.8 Å². The van der Waals surface area contributed by atoms with Crippen molar-refractivity contribution in [3.63, 3.8) is 0 Å². The minimum absolute atomic E-state index is 0.0410. The van der Waals surface area contributed by atoms with Gasteiger partial charge in [0.05, 0.1) is 22.7 Å². The first-order chi connectivity index (χ1) is 14.4. The fraction of sp³-hybridized carbons (Fsp3) is 0.652. The Balaban J connectivity index is 1.17. The lowest BCUT2D eigenvalue weighted by Gasteiger charge is -2.57. The number of benzene rings is 1. The minimum atomic E-state index is -0.521. The number of aliphatic hydroxyl groups is 1. The van der Waals surface area contributed by atoms with Crippen molar-refractivity contribution in [3.05, 3.63) is 34.2 Å². The number of carbonyl (C=O) groups is 1. The van der Waals surface area contributed by atoms with Crippen LogP contribution in [-0.4, -0.2) is 50.4 Å². The van der Waals surface area contributed by atoms with Crippen LogP contribution in [0.3, 0.4) is 0 Å². The first-order valence-electron chi connectivity index (χ1n) is 11.3. The number of fused-ring (bicyclic) bond motifs is 1. The third-order valence-electron chi connectivity index (χ3n) is 8.05. The van der Waals surface area contributed by atoms with E-state index < -0.39 is 5.60 Å². The summed E-state index contributed by atoms with van der Waals surface area (Å²) in [5, 5.41) is 10.7. The van der Waals surface area contributed by atoms with Crippen LogP contribution in [0.2, 0.25) is 0 Å². The molecule has 5 fully saturated rings. The van der Waals surface area contributed by atoms with Crippen LogP contribution in [0.15, 0.2) is 23.0 Å². The van der Waals surface area contributed by atoms with E-state index in [9.17, 15) is 14.7 Å². The average Bonchev–Trinajstić information content (AvgIpc) is 3.26. The number of aromatic nitrogens is 2. The highest BCUT2D eigenvalue weighted by atomic mass is 16.6. The number of amides is 1. The van der Waals surface area contributed by atoms with Gasteiger partial charge in [-0.05, 0) is 80.9 Å². The summed E-state index contributed by atoms with van der Waals surface area (Å²) in [4.78, 5) is 30.2. The van der Waals surface area contributed by atoms with Crippen molar-refractivity contribution in [2.75, 3.05) is 13.1 Å². The molecule has 4 saturated carbocycles. The molecule has 2 unspecified atom stereocenters. The topological polar surface area (TPSA) is 87.6 Å². The van der Waals surface area contributed by atoms with E-state index in [2.05, 4.69) is 4.98 Å². The molecule has 1 aliphatic heterocycles. The normalized spacial score (nSPS) is 37.3. The van der Waals surface area contributed by atoms with Crippen molar-refractivity contribution in [2.45, 2.75) is 63.2 Å². The predicted octanol–water partition coefficient (Wildman–Crippen LogP) is 2.96. The Morgan fingerprint density at radius 1 is 1.23 bits per heavy atom. The van der Waals surface area contributed by atoms with E-state index in [0.717, 1.165) is 55.1 Å². The summed E-state index contributed by atoms with van der Waals surface area (Å²) in [6.07, 6.45) is 5.03. The molecule has 2 N–H and O–H groups in total. The zero-order valence-corrected chi connectivity index (χ0v) is 17.3. The zero-order chi connectivity index (χ0) is 20.6. The second-order valence-corrected chi connectivity index (χ2v) is 10.3. The van der Waals surface area contributed by atoms with Gasteiger partial charge in [0.1, 0.15) is 6.10 Å². The molecular weight excluding hydrogens is 382 g/mol. The average molecular weight is 412 g/mol. The number of ether oxygens (including phenoxy) is 1. The highest BCUT2D eigenvalue weighted by molar-refractivity contribution is 5.76. The molecule has 0 spiro atoms. The Hall–Kier alpha value is -2.28. The van der Waals surface area contributed by atoms with E-state index in [1.54, 1.807) is 9.47 Å². The van der Waals surface area contributed by atoms with Crippen LogP contribution in [0.25, 0.3) is 11.0 Å². The summed E-state index contributed by atoms with van der Waals surface area (Å²) in [5.41, 5.74) is 2.19. The maximum absolute atomic E-state index is 13.0. The predicted molar refractivity (Wildman–Crippen MR) is 111 cm³/mol. The van der Waals surface area contributed by atoms with Gasteiger partial charge < -0.3 is 19.7 Å². The molecule has 3 atom stereocenters. The Morgan fingerprint density at radius 3 is 2.73 bits per heavy atom. The number of H-pyrrole nitrogens is 1. The number of aromatic amines is 1. The number of rotatable bonds is 2. The van der Waals surface area contributed by atoms with Crippen molar-refractivity contribution in [3.8, 4) is 0 Å². The molecule has 7 rings (SSSR count). The number of hydrogen-bond donors (Lipinski definition) is 2. The lowest BCUT2D eigenvalue weighted by molar-refractivity contribution is -0.177. The first kappa shape index (κ1) is 18.5. The van der Waals surface area contributed by atoms with Gasteiger partial charge in [-0.25, -0.2) is 9.59 Å². The van der Waals surface area contributed by atoms with Gasteiger partial charge in [0.2, 0.25) is 0 Å². The number of nitrogens with zero attached hydrogens (tertiary/aromatic N) is 2. The van der Waals surface area contributed by atoms with Gasteiger partial charge in [0, 0.05) is 13.1 Å². The van der Waals surface area contributed by atoms with E-state index in [-0.39, 0.29) is 23.9 Å². The lowest BCUT2D eigenvalue weighted by atomic mass is 9.53. The van der Waals surface area contributed by atoms with Crippen LogP contribution in [0.4, 0.5) is 4.79 Å². The number of nitrogens with one attached hydrogen (secondary N) is 1. The van der Waals surface area contributed by atoms with Gasteiger partial charge in [0.15, 0.2) is 0 Å². The smallest absolute Gasteiger partial charge is 0.410 e. The summed E-state index contributed by atoms with van der Waals surface area (Å²) in [5.74, 6) is 1.18. The van der Waals surface area contributed by atoms with Crippen molar-refractivity contribution >= 4 is 17.1 Å². The molecule has 0 radical (unpaired) electrons. The lowest BCUT2D eigenvalue weighted by Crippen LogP contribution is -2.58. The maximum Gasteiger partial charge on any atom is 0.410 e. The molecule has 1 aromatic carbocycles. The Morgan fingerprint density at radius 2 is 2.00 bits per heavy atom. The summed E-state index contributed by atoms with van der Waals surface area (Å²) in [7, 11) is 0. The molecule has 1 aromatic heterocycles. The molecule has 2 heterocycles. The third kappa shape index (κ3) is 2.82. The maximum atomic E-state index is 13.0. The number of likely N-dealkylation sites (tertiary alicyclic amines) is 1. The van der Waals surface area contributed by atoms with Gasteiger partial charge >= 0.3 is 11.8 Å². The number of hydrogen-bond acceptors (Lipinski definition) is 4. The SMILES string of the molecule is Cc1ccc2c(c1)[nH]c(=O)n2[C@@H]1CCN(C(=O)OC2C3CC4CC2CC(O)(C4)C3)C1. The van der Waals surface area contributed by atoms with E-state index in [4.69, 9.17) is 4.74 Å². The second-order valence-electron chi connectivity index (χ2n) is 10.3. The minimum Gasteiger partial charge on any atom is -0.446 e. The molecule has 1 saturated heterocycles. The molecule has 2 aromatic rings. The molecule has 7 heteroatoms. The largest absolute Gasteiger partial charge is 0.446 e. The standard InChI is InChI=1S/C23H29N3O4/c1-13-2-3-19-18(6-13)24-21(27)26(19)17-4-5-25(12-17)22(28)30-20-15-7-14-8-16(20)11-23(29,9-14)10-15/h2-3,6,14-17,20,29H,4-5,7-12H2,1H3,(H,24,27)/t14?,15?,16?,17-,20?,23?/m1/s1. The van der Waals surface area contributed by atoms with Gasteiger partial charge in [-0.15, -0.1) is 0 Å². The molecule has 1 amide bonds. The van der Waals surface area contributed by atoms with Crippen molar-refractivity contribution in [1.82, 2.24) is 14.5 Å². The highest BCUT2D eigenvalue weighted by Gasteiger charge is 2.56. The highest BCUT2D eigenvalue weighted by Crippen LogP contribution is 2.56. The fourth-order valence-corrected chi connectivity index (χ4v) is 7.04. The van der Waals surface area contributed by atoms with E-state index in [1.807, 2.05) is 25.1 Å². The summed E-state index contributed by atoms with van der Waals surface area (Å²) in [6, 6.07) is 5.92. The van der Waals surface area contributed by atoms with Gasteiger partial charge in [0.25, 0.3) is 0 Å². The Kier molecular flexibility index (Phi) is 3.92. The van der Waals surface area contributed by atoms with Crippen LogP contribution in [0.5, 0.6) is 0 Å². The van der Waals surface area contributed by atoms with Crippen molar-refractivity contribution in [1.29, 1.82) is 0 Å². The van der Waals surface area contributed by atoms with Crippen LogP contribution in [0, 0.1) is 24.7 Å². The second kappa shape index (κ2) is 6.36. The Bertz CT molecular complexity index is 1060. The van der Waals surface area contributed by atoms with Crippen LogP contribution < -0.4 is 5.69 Å². The molecule has 5 aliphatic rings. The molecule has 4 aliphatic carbocycles. The quantitative estimate of drug-likeness (QED) is 0.795. The van der Waals surface area contributed by atoms with E-state index in [1.165, 1.54) is 0 Å². The molecule has 4 bridgehead atoms. The number of carbonyl (C=O) groups excluding carboxylic acids is 1. The summed E-state index contributed by atoms with van der Waals surface area (Å²) in [6.45, 7) is 3.10. The van der Waals surface area contributed by atoms with Crippen LogP contribution >= 0.6 is 0 Å². The molecular formula is C23H29N3O4. The van der Waals surface area contributed by atoms with Gasteiger partial charge in [-0.3, -0.25) is 4.57 Å². The monoisotopic (exact) mass is 411 g/mol. The molecule has 7 nitrogen and oxygen atoms in total. The van der Waals surface area contributed by atoms with E-state index >= 15 is 0 Å². The third-order valence-corrected chi connectivity index (χ3v) is 8.05. The fourth-order valence-electron chi connectivity index (χ4n) is 7.04. The van der Waals surface area contributed by atoms with Crippen molar-refractivity contribution in [2.24, 2.45) is 17.8 Å². The van der Waals surface area contributed by atoms with Crippen LogP contribution in [0.1, 0.15) is 50.1 Å². The summed E-state index contributed by atoms with van der Waals surface area (Å²) >= 11 is 0.